The number of para-hydroxylation sites is 1. The highest BCUT2D eigenvalue weighted by molar-refractivity contribution is 7.99. The summed E-state index contributed by atoms with van der Waals surface area (Å²) >= 11 is 1.71. The van der Waals surface area contributed by atoms with Gasteiger partial charge in [-0.15, -0.1) is 0 Å². The number of nitrogens with one attached hydrogen (secondary N) is 2. The van der Waals surface area contributed by atoms with E-state index in [9.17, 15) is 18.0 Å². The van der Waals surface area contributed by atoms with Crippen LogP contribution in [0.15, 0.2) is 24.3 Å². The van der Waals surface area contributed by atoms with Crippen molar-refractivity contribution >= 4 is 23.4 Å². The van der Waals surface area contributed by atoms with Gasteiger partial charge >= 0.3 is 6.18 Å². The van der Waals surface area contributed by atoms with Gasteiger partial charge in [-0.1, -0.05) is 12.1 Å². The number of hydrogen-bond donors (Lipinski definition) is 2. The second kappa shape index (κ2) is 8.06. The maximum absolute atomic E-state index is 12.9. The molecule has 1 atom stereocenters. The molecule has 3 nitrogen and oxygen atoms in total. The third-order valence-electron chi connectivity index (χ3n) is 3.43. The molecule has 0 aliphatic heterocycles. The Morgan fingerprint density at radius 1 is 1.26 bits per heavy atom. The molecule has 0 radical (unpaired) electrons. The third kappa shape index (κ3) is 6.83. The Morgan fingerprint density at radius 3 is 2.43 bits per heavy atom. The first kappa shape index (κ1) is 19.8. The molecule has 0 saturated heterocycles. The van der Waals surface area contributed by atoms with E-state index in [4.69, 9.17) is 0 Å². The molecular formula is C16H23F3N2OS. The number of thioether (sulfide) groups is 1. The van der Waals surface area contributed by atoms with Gasteiger partial charge in [0.2, 0.25) is 5.91 Å². The summed E-state index contributed by atoms with van der Waals surface area (Å²) in [5.74, 6) is -0.441. The van der Waals surface area contributed by atoms with Gasteiger partial charge in [-0.05, 0) is 39.2 Å². The smallest absolute Gasteiger partial charge is 0.325 e. The molecule has 0 aliphatic carbocycles. The number of benzene rings is 1. The van der Waals surface area contributed by atoms with Crippen molar-refractivity contribution in [2.45, 2.75) is 44.2 Å². The number of hydrogen-bond acceptors (Lipinski definition) is 3. The third-order valence-corrected chi connectivity index (χ3v) is 4.68. The lowest BCUT2D eigenvalue weighted by atomic mass is 10.1. The lowest BCUT2D eigenvalue weighted by Gasteiger charge is -2.25. The zero-order valence-corrected chi connectivity index (χ0v) is 14.6. The van der Waals surface area contributed by atoms with Crippen LogP contribution < -0.4 is 10.6 Å². The van der Waals surface area contributed by atoms with E-state index in [-0.39, 0.29) is 22.9 Å². The number of halogens is 3. The largest absolute Gasteiger partial charge is 0.418 e. The number of carbonyl (C=O) groups is 1. The summed E-state index contributed by atoms with van der Waals surface area (Å²) in [4.78, 5) is 12.0. The summed E-state index contributed by atoms with van der Waals surface area (Å²) < 4.78 is 38.7. The van der Waals surface area contributed by atoms with Crippen LogP contribution in [0.2, 0.25) is 0 Å². The molecule has 0 unspecified atom stereocenters. The molecule has 1 amide bonds. The number of amides is 1. The van der Waals surface area contributed by atoms with Crippen LogP contribution in [0.4, 0.5) is 18.9 Å². The van der Waals surface area contributed by atoms with Crippen LogP contribution in [-0.2, 0) is 11.0 Å². The predicted octanol–water partition coefficient (Wildman–Crippen LogP) is 4.15. The van der Waals surface area contributed by atoms with Gasteiger partial charge in [0.05, 0.1) is 11.3 Å². The fraction of sp³-hybridized carbons (Fsp3) is 0.562. The minimum Gasteiger partial charge on any atom is -0.325 e. The first-order chi connectivity index (χ1) is 10.5. The van der Waals surface area contributed by atoms with E-state index in [0.717, 1.165) is 6.07 Å². The van der Waals surface area contributed by atoms with Crippen LogP contribution in [0, 0.1) is 0 Å². The molecule has 7 heteroatoms. The van der Waals surface area contributed by atoms with Crippen molar-refractivity contribution in [3.05, 3.63) is 29.8 Å². The van der Waals surface area contributed by atoms with E-state index < -0.39 is 17.6 Å². The Balaban J connectivity index is 2.61. The quantitative estimate of drug-likeness (QED) is 0.778. The average Bonchev–Trinajstić information content (AvgIpc) is 2.44. The normalized spacial score (nSPS) is 13.7. The van der Waals surface area contributed by atoms with E-state index in [0.29, 0.717) is 6.54 Å². The van der Waals surface area contributed by atoms with E-state index in [1.54, 1.807) is 11.8 Å². The van der Waals surface area contributed by atoms with Gasteiger partial charge in [0.15, 0.2) is 0 Å². The molecule has 23 heavy (non-hydrogen) atoms. The lowest BCUT2D eigenvalue weighted by molar-refractivity contribution is -0.137. The second-order valence-electron chi connectivity index (χ2n) is 6.04. The maximum Gasteiger partial charge on any atom is 0.418 e. The number of anilines is 1. The fourth-order valence-electron chi connectivity index (χ4n) is 1.88. The molecule has 0 bridgehead atoms. The molecule has 0 saturated carbocycles. The van der Waals surface area contributed by atoms with Gasteiger partial charge in [0, 0.05) is 23.8 Å². The Bertz CT molecular complexity index is 532. The van der Waals surface area contributed by atoms with Crippen LogP contribution in [0.25, 0.3) is 0 Å². The van der Waals surface area contributed by atoms with Crippen molar-refractivity contribution in [2.24, 2.45) is 0 Å². The molecule has 0 heterocycles. The SMILES string of the molecule is CSC(C)(C)CN[C@H](C)CC(=O)Nc1ccccc1C(F)(F)F. The standard InChI is InChI=1S/C16H23F3N2OS/c1-11(20-10-15(2,3)23-4)9-14(22)21-13-8-6-5-7-12(13)16(17,18)19/h5-8,11,20H,9-10H2,1-4H3,(H,21,22)/t11-/m1/s1. The lowest BCUT2D eigenvalue weighted by Crippen LogP contribution is -2.39. The molecule has 1 aromatic rings. The molecule has 0 fully saturated rings. The molecule has 0 aromatic heterocycles. The van der Waals surface area contributed by atoms with Crippen molar-refractivity contribution in [1.82, 2.24) is 5.32 Å². The number of alkyl halides is 3. The Morgan fingerprint density at radius 2 is 1.87 bits per heavy atom. The van der Waals surface area contributed by atoms with Crippen molar-refractivity contribution in [3.63, 3.8) is 0 Å². The molecule has 2 N–H and O–H groups in total. The van der Waals surface area contributed by atoms with Crippen LogP contribution in [0.1, 0.15) is 32.8 Å². The summed E-state index contributed by atoms with van der Waals surface area (Å²) in [7, 11) is 0. The van der Waals surface area contributed by atoms with Crippen LogP contribution in [0.3, 0.4) is 0 Å². The van der Waals surface area contributed by atoms with E-state index >= 15 is 0 Å². The first-order valence-electron chi connectivity index (χ1n) is 7.30. The number of rotatable bonds is 7. The molecule has 1 rings (SSSR count). The number of carbonyl (C=O) groups excluding carboxylic acids is 1. The van der Waals surface area contributed by atoms with E-state index in [1.807, 2.05) is 13.2 Å². The predicted molar refractivity (Wildman–Crippen MR) is 89.7 cm³/mol. The maximum atomic E-state index is 12.9. The summed E-state index contributed by atoms with van der Waals surface area (Å²) in [5.41, 5.74) is -1.04. The Hall–Kier alpha value is -1.21. The highest BCUT2D eigenvalue weighted by Gasteiger charge is 2.33. The monoisotopic (exact) mass is 348 g/mol. The van der Waals surface area contributed by atoms with Crippen molar-refractivity contribution in [3.8, 4) is 0 Å². The summed E-state index contributed by atoms with van der Waals surface area (Å²) in [6.07, 6.45) is -2.38. The molecule has 0 aliphatic rings. The highest BCUT2D eigenvalue weighted by Crippen LogP contribution is 2.34. The first-order valence-corrected chi connectivity index (χ1v) is 8.52. The highest BCUT2D eigenvalue weighted by atomic mass is 32.2. The second-order valence-corrected chi connectivity index (χ2v) is 7.55. The molecular weight excluding hydrogens is 325 g/mol. The van der Waals surface area contributed by atoms with Gasteiger partial charge in [0.25, 0.3) is 0 Å². The average molecular weight is 348 g/mol. The van der Waals surface area contributed by atoms with Crippen molar-refractivity contribution in [2.75, 3.05) is 18.1 Å². The Labute approximate surface area is 139 Å². The van der Waals surface area contributed by atoms with E-state index in [2.05, 4.69) is 24.5 Å². The summed E-state index contributed by atoms with van der Waals surface area (Å²) in [6.45, 7) is 6.71. The van der Waals surface area contributed by atoms with Gasteiger partial charge in [-0.2, -0.15) is 24.9 Å². The van der Waals surface area contributed by atoms with Crippen molar-refractivity contribution < 1.29 is 18.0 Å². The van der Waals surface area contributed by atoms with Gasteiger partial charge < -0.3 is 10.6 Å². The summed E-state index contributed by atoms with van der Waals surface area (Å²) in [6, 6.07) is 4.86. The topological polar surface area (TPSA) is 41.1 Å². The fourth-order valence-corrected chi connectivity index (χ4v) is 2.11. The molecule has 130 valence electrons. The van der Waals surface area contributed by atoms with Crippen LogP contribution >= 0.6 is 11.8 Å². The zero-order chi connectivity index (χ0) is 17.7. The molecule has 0 spiro atoms. The van der Waals surface area contributed by atoms with Gasteiger partial charge in [0.1, 0.15) is 0 Å². The zero-order valence-electron chi connectivity index (χ0n) is 13.8. The minimum absolute atomic E-state index is 0.0353. The van der Waals surface area contributed by atoms with Crippen LogP contribution in [-0.4, -0.2) is 29.5 Å². The Kier molecular flexibility index (Phi) is 6.95. The van der Waals surface area contributed by atoms with Crippen molar-refractivity contribution in [1.29, 1.82) is 0 Å². The van der Waals surface area contributed by atoms with Gasteiger partial charge in [-0.3, -0.25) is 4.79 Å². The van der Waals surface area contributed by atoms with Crippen LogP contribution in [0.5, 0.6) is 0 Å². The minimum atomic E-state index is -4.49. The molecule has 1 aromatic carbocycles. The van der Waals surface area contributed by atoms with E-state index in [1.165, 1.54) is 18.2 Å². The summed E-state index contributed by atoms with van der Waals surface area (Å²) in [5, 5.41) is 5.59. The van der Waals surface area contributed by atoms with Gasteiger partial charge in [-0.25, -0.2) is 0 Å².